The molecule has 0 spiro atoms. The van der Waals surface area contributed by atoms with Crippen LogP contribution in [0.2, 0.25) is 0 Å². The zero-order valence-electron chi connectivity index (χ0n) is 13.7. The summed E-state index contributed by atoms with van der Waals surface area (Å²) in [6.07, 6.45) is 8.53. The van der Waals surface area contributed by atoms with Gasteiger partial charge in [-0.15, -0.1) is 0 Å². The third-order valence-corrected chi connectivity index (χ3v) is 3.76. The average molecular weight is 323 g/mol. The number of hydrogen-bond donors (Lipinski definition) is 1. The first-order valence-electron chi connectivity index (χ1n) is 8.10. The average Bonchev–Trinajstić information content (AvgIpc) is 3.24. The van der Waals surface area contributed by atoms with Crippen molar-refractivity contribution in [1.29, 1.82) is 0 Å². The molecule has 3 aromatic rings. The number of amides is 1. The maximum atomic E-state index is 12.0. The van der Waals surface area contributed by atoms with Crippen LogP contribution < -0.4 is 5.32 Å². The van der Waals surface area contributed by atoms with Gasteiger partial charge < -0.3 is 5.32 Å². The second kappa shape index (κ2) is 7.59. The van der Waals surface area contributed by atoms with Gasteiger partial charge in [-0.3, -0.25) is 14.2 Å². The Hall–Kier alpha value is -2.89. The molecule has 3 rings (SSSR count). The normalized spacial score (nSPS) is 10.7. The van der Waals surface area contributed by atoms with Crippen LogP contribution in [0, 0.1) is 0 Å². The van der Waals surface area contributed by atoms with Crippen LogP contribution in [-0.4, -0.2) is 25.5 Å². The van der Waals surface area contributed by atoms with E-state index in [1.807, 2.05) is 60.5 Å². The van der Waals surface area contributed by atoms with Gasteiger partial charge in [-0.1, -0.05) is 30.3 Å². The van der Waals surface area contributed by atoms with Crippen molar-refractivity contribution < 1.29 is 4.79 Å². The van der Waals surface area contributed by atoms with Gasteiger partial charge in [0.2, 0.25) is 5.91 Å². The van der Waals surface area contributed by atoms with Crippen LogP contribution in [0.4, 0.5) is 5.69 Å². The van der Waals surface area contributed by atoms with Crippen molar-refractivity contribution in [1.82, 2.24) is 19.6 Å². The summed E-state index contributed by atoms with van der Waals surface area (Å²) in [6, 6.07) is 10.0. The Bertz CT molecular complexity index is 791. The molecule has 2 heterocycles. The van der Waals surface area contributed by atoms with E-state index in [4.69, 9.17) is 0 Å². The number of carbonyl (C=O) groups is 1. The topological polar surface area (TPSA) is 64.7 Å². The van der Waals surface area contributed by atoms with Crippen LogP contribution in [0.5, 0.6) is 0 Å². The number of rotatable bonds is 7. The molecule has 0 aliphatic rings. The number of carbonyl (C=O) groups excluding carboxylic acids is 1. The van der Waals surface area contributed by atoms with Gasteiger partial charge in [-0.05, 0) is 18.9 Å². The van der Waals surface area contributed by atoms with Crippen LogP contribution in [0.15, 0.2) is 55.1 Å². The summed E-state index contributed by atoms with van der Waals surface area (Å²) in [7, 11) is 0. The summed E-state index contributed by atoms with van der Waals surface area (Å²) in [6.45, 7) is 3.54. The Morgan fingerprint density at radius 3 is 2.58 bits per heavy atom. The third-order valence-electron chi connectivity index (χ3n) is 3.76. The number of aromatic nitrogens is 4. The lowest BCUT2D eigenvalue weighted by atomic mass is 10.1. The molecule has 0 fully saturated rings. The number of nitrogens with zero attached hydrogens (tertiary/aromatic N) is 4. The fourth-order valence-electron chi connectivity index (χ4n) is 2.49. The minimum Gasteiger partial charge on any atom is -0.323 e. The van der Waals surface area contributed by atoms with Crippen molar-refractivity contribution >= 4 is 11.6 Å². The fraction of sp³-hybridized carbons (Fsp3) is 0.278. The highest BCUT2D eigenvalue weighted by molar-refractivity contribution is 5.90. The number of aryl methyl sites for hydroxylation is 2. The largest absolute Gasteiger partial charge is 0.323 e. The minimum absolute atomic E-state index is 0.00259. The molecular weight excluding hydrogens is 302 g/mol. The lowest BCUT2D eigenvalue weighted by molar-refractivity contribution is -0.116. The maximum absolute atomic E-state index is 12.0. The molecule has 0 atom stereocenters. The van der Waals surface area contributed by atoms with Gasteiger partial charge in [0, 0.05) is 30.9 Å². The van der Waals surface area contributed by atoms with Gasteiger partial charge in [0.15, 0.2) is 0 Å². The van der Waals surface area contributed by atoms with Crippen molar-refractivity contribution in [3.05, 3.63) is 66.2 Å². The van der Waals surface area contributed by atoms with Crippen molar-refractivity contribution in [3.8, 4) is 0 Å². The van der Waals surface area contributed by atoms with Gasteiger partial charge in [0.25, 0.3) is 0 Å². The van der Waals surface area contributed by atoms with Crippen LogP contribution in [0.25, 0.3) is 0 Å². The molecule has 124 valence electrons. The van der Waals surface area contributed by atoms with Crippen molar-refractivity contribution in [2.24, 2.45) is 0 Å². The van der Waals surface area contributed by atoms with Gasteiger partial charge >= 0.3 is 0 Å². The standard InChI is InChI=1S/C18H21N5O/c1-2-22-12-16(10-19-22)13-23-14-17(11-20-23)21-18(24)9-8-15-6-4-3-5-7-15/h3-7,10-12,14H,2,8-9,13H2,1H3,(H,21,24). The molecule has 0 aliphatic heterocycles. The van der Waals surface area contributed by atoms with Crippen LogP contribution in [-0.2, 0) is 24.3 Å². The number of anilines is 1. The van der Waals surface area contributed by atoms with E-state index in [0.29, 0.717) is 13.0 Å². The second-order valence-electron chi connectivity index (χ2n) is 5.66. The van der Waals surface area contributed by atoms with Crippen molar-refractivity contribution in [2.75, 3.05) is 5.32 Å². The molecule has 1 aromatic carbocycles. The predicted octanol–water partition coefficient (Wildman–Crippen LogP) is 2.72. The molecule has 0 bridgehead atoms. The van der Waals surface area contributed by atoms with E-state index >= 15 is 0 Å². The van der Waals surface area contributed by atoms with Crippen LogP contribution in [0.3, 0.4) is 0 Å². The highest BCUT2D eigenvalue weighted by Crippen LogP contribution is 2.09. The van der Waals surface area contributed by atoms with E-state index in [-0.39, 0.29) is 5.91 Å². The first-order chi connectivity index (χ1) is 11.7. The Labute approximate surface area is 141 Å². The summed E-state index contributed by atoms with van der Waals surface area (Å²) in [5.74, 6) is -0.00259. The molecule has 24 heavy (non-hydrogen) atoms. The van der Waals surface area contributed by atoms with E-state index in [0.717, 1.165) is 29.8 Å². The van der Waals surface area contributed by atoms with E-state index in [9.17, 15) is 4.79 Å². The molecule has 0 aliphatic carbocycles. The number of benzene rings is 1. The zero-order chi connectivity index (χ0) is 16.8. The van der Waals surface area contributed by atoms with E-state index in [1.54, 1.807) is 10.9 Å². The predicted molar refractivity (Wildman–Crippen MR) is 92.6 cm³/mol. The van der Waals surface area contributed by atoms with E-state index in [1.165, 1.54) is 0 Å². The zero-order valence-corrected chi connectivity index (χ0v) is 13.7. The smallest absolute Gasteiger partial charge is 0.224 e. The van der Waals surface area contributed by atoms with Gasteiger partial charge in [-0.25, -0.2) is 0 Å². The Morgan fingerprint density at radius 1 is 1.04 bits per heavy atom. The molecular formula is C18H21N5O. The van der Waals surface area contributed by atoms with Gasteiger partial charge in [0.05, 0.1) is 24.6 Å². The highest BCUT2D eigenvalue weighted by atomic mass is 16.1. The fourth-order valence-corrected chi connectivity index (χ4v) is 2.49. The molecule has 6 nitrogen and oxygen atoms in total. The number of hydrogen-bond acceptors (Lipinski definition) is 3. The molecule has 0 saturated carbocycles. The summed E-state index contributed by atoms with van der Waals surface area (Å²) in [5.41, 5.74) is 2.97. The minimum atomic E-state index is -0.00259. The highest BCUT2D eigenvalue weighted by Gasteiger charge is 2.06. The monoisotopic (exact) mass is 323 g/mol. The molecule has 6 heteroatoms. The molecule has 1 amide bonds. The van der Waals surface area contributed by atoms with Crippen LogP contribution in [0.1, 0.15) is 24.5 Å². The molecule has 2 aromatic heterocycles. The summed E-state index contributed by atoms with van der Waals surface area (Å²) >= 11 is 0. The molecule has 0 radical (unpaired) electrons. The van der Waals surface area contributed by atoms with Gasteiger partial charge in [0.1, 0.15) is 0 Å². The second-order valence-corrected chi connectivity index (χ2v) is 5.66. The molecule has 0 unspecified atom stereocenters. The first kappa shape index (κ1) is 16.0. The quantitative estimate of drug-likeness (QED) is 0.727. The van der Waals surface area contributed by atoms with E-state index in [2.05, 4.69) is 15.5 Å². The summed E-state index contributed by atoms with van der Waals surface area (Å²) in [5, 5.41) is 11.4. The SMILES string of the molecule is CCn1cc(Cn2cc(NC(=O)CCc3ccccc3)cn2)cn1. The molecule has 0 saturated heterocycles. The van der Waals surface area contributed by atoms with E-state index < -0.39 is 0 Å². The summed E-state index contributed by atoms with van der Waals surface area (Å²) in [4.78, 5) is 12.0. The third kappa shape index (κ3) is 4.32. The first-order valence-corrected chi connectivity index (χ1v) is 8.10. The Kier molecular flexibility index (Phi) is 5.05. The number of nitrogens with one attached hydrogen (secondary N) is 1. The van der Waals surface area contributed by atoms with Crippen molar-refractivity contribution in [3.63, 3.8) is 0 Å². The van der Waals surface area contributed by atoms with Crippen molar-refractivity contribution in [2.45, 2.75) is 32.9 Å². The molecule has 1 N–H and O–H groups in total. The lowest BCUT2D eigenvalue weighted by Gasteiger charge is -2.03. The lowest BCUT2D eigenvalue weighted by Crippen LogP contribution is -2.11. The Balaban J connectivity index is 1.50. The Morgan fingerprint density at radius 2 is 1.83 bits per heavy atom. The summed E-state index contributed by atoms with van der Waals surface area (Å²) < 4.78 is 3.68. The van der Waals surface area contributed by atoms with Gasteiger partial charge in [-0.2, -0.15) is 10.2 Å². The maximum Gasteiger partial charge on any atom is 0.224 e. The van der Waals surface area contributed by atoms with Crippen LogP contribution >= 0.6 is 0 Å².